The molecule has 2 aliphatic heterocycles. The lowest BCUT2D eigenvalue weighted by atomic mass is 9.94. The number of halogens is 1. The van der Waals surface area contributed by atoms with Crippen molar-refractivity contribution in [3.8, 4) is 6.07 Å². The van der Waals surface area contributed by atoms with Crippen molar-refractivity contribution in [1.29, 1.82) is 5.26 Å². The third kappa shape index (κ3) is 4.81. The molecule has 0 bridgehead atoms. The summed E-state index contributed by atoms with van der Waals surface area (Å²) in [6.45, 7) is 8.21. The summed E-state index contributed by atoms with van der Waals surface area (Å²) in [6.07, 6.45) is 2.99. The average Bonchev–Trinajstić information content (AvgIpc) is 2.59. The van der Waals surface area contributed by atoms with E-state index < -0.39 is 5.60 Å². The van der Waals surface area contributed by atoms with E-state index in [1.165, 1.54) is 0 Å². The van der Waals surface area contributed by atoms with Crippen LogP contribution in [0, 0.1) is 17.2 Å². The molecule has 1 fully saturated rings. The van der Waals surface area contributed by atoms with Gasteiger partial charge in [0.25, 0.3) is 0 Å². The molecule has 3 rings (SSSR count). The zero-order chi connectivity index (χ0) is 19.6. The number of fused-ring (bicyclic) bond motifs is 1. The molecule has 0 saturated carbocycles. The number of piperidine rings is 1. The number of nitriles is 1. The minimum absolute atomic E-state index is 0.192. The van der Waals surface area contributed by atoms with Gasteiger partial charge in [0.05, 0.1) is 18.3 Å². The van der Waals surface area contributed by atoms with Crippen LogP contribution in [0.3, 0.4) is 0 Å². The van der Waals surface area contributed by atoms with E-state index >= 15 is 0 Å². The van der Waals surface area contributed by atoms with Crippen molar-refractivity contribution in [3.63, 3.8) is 0 Å². The summed E-state index contributed by atoms with van der Waals surface area (Å²) in [4.78, 5) is 25.2. The molecule has 3 heterocycles. The molecule has 1 atom stereocenters. The molecule has 8 heteroatoms. The molecule has 27 heavy (non-hydrogen) atoms. The molecule has 1 unspecified atom stereocenters. The van der Waals surface area contributed by atoms with Crippen molar-refractivity contribution in [3.05, 3.63) is 16.5 Å². The highest BCUT2D eigenvalue weighted by Gasteiger charge is 2.31. The van der Waals surface area contributed by atoms with Gasteiger partial charge in [-0.05, 0) is 57.6 Å². The maximum atomic E-state index is 12.4. The van der Waals surface area contributed by atoms with Gasteiger partial charge < -0.3 is 14.5 Å². The molecule has 0 radical (unpaired) electrons. The van der Waals surface area contributed by atoms with Crippen LogP contribution in [0.25, 0.3) is 0 Å². The van der Waals surface area contributed by atoms with Gasteiger partial charge in [0.2, 0.25) is 5.28 Å². The Bertz CT molecular complexity index is 756. The van der Waals surface area contributed by atoms with Crippen molar-refractivity contribution < 1.29 is 9.53 Å². The van der Waals surface area contributed by atoms with E-state index in [9.17, 15) is 4.79 Å². The van der Waals surface area contributed by atoms with Crippen molar-refractivity contribution >= 4 is 23.5 Å². The van der Waals surface area contributed by atoms with E-state index in [0.717, 1.165) is 43.0 Å². The molecule has 1 aromatic rings. The van der Waals surface area contributed by atoms with Gasteiger partial charge in [0, 0.05) is 31.6 Å². The fourth-order valence-electron chi connectivity index (χ4n) is 3.68. The van der Waals surface area contributed by atoms with Crippen LogP contribution in [-0.2, 0) is 17.7 Å². The Hall–Kier alpha value is -2.07. The Balaban J connectivity index is 1.81. The number of hydrogen-bond donors (Lipinski definition) is 0. The highest BCUT2D eigenvalue weighted by molar-refractivity contribution is 6.28. The summed E-state index contributed by atoms with van der Waals surface area (Å²) in [5, 5.41) is 9.20. The first-order chi connectivity index (χ1) is 12.8. The van der Waals surface area contributed by atoms with E-state index in [4.69, 9.17) is 21.6 Å². The molecule has 0 aliphatic carbocycles. The topological polar surface area (TPSA) is 82.3 Å². The van der Waals surface area contributed by atoms with E-state index in [0.29, 0.717) is 31.8 Å². The van der Waals surface area contributed by atoms with E-state index in [-0.39, 0.29) is 11.4 Å². The van der Waals surface area contributed by atoms with Gasteiger partial charge in [0.15, 0.2) is 0 Å². The van der Waals surface area contributed by atoms with Crippen LogP contribution in [0.5, 0.6) is 0 Å². The summed E-state index contributed by atoms with van der Waals surface area (Å²) in [5.74, 6) is 1.21. The predicted molar refractivity (Wildman–Crippen MR) is 103 cm³/mol. The van der Waals surface area contributed by atoms with Gasteiger partial charge >= 0.3 is 6.09 Å². The van der Waals surface area contributed by atoms with Gasteiger partial charge in [-0.3, -0.25) is 0 Å². The third-order valence-electron chi connectivity index (χ3n) is 4.87. The number of rotatable bonds is 2. The lowest BCUT2D eigenvalue weighted by Gasteiger charge is -2.36. The van der Waals surface area contributed by atoms with E-state index in [1.54, 1.807) is 4.90 Å². The number of hydrogen-bond acceptors (Lipinski definition) is 6. The summed E-state index contributed by atoms with van der Waals surface area (Å²) in [7, 11) is 0. The molecule has 0 N–H and O–H groups in total. The van der Waals surface area contributed by atoms with Crippen LogP contribution in [0.4, 0.5) is 10.6 Å². The largest absolute Gasteiger partial charge is 0.444 e. The highest BCUT2D eigenvalue weighted by atomic mass is 35.5. The van der Waals surface area contributed by atoms with Gasteiger partial charge in [-0.15, -0.1) is 0 Å². The molecular weight excluding hydrogens is 366 g/mol. The zero-order valence-electron chi connectivity index (χ0n) is 16.2. The second-order valence-corrected chi connectivity index (χ2v) is 8.55. The van der Waals surface area contributed by atoms with Crippen LogP contribution >= 0.6 is 11.6 Å². The Kier molecular flexibility index (Phi) is 5.75. The molecule has 1 aromatic heterocycles. The van der Waals surface area contributed by atoms with Crippen molar-refractivity contribution in [2.45, 2.75) is 58.6 Å². The maximum Gasteiger partial charge on any atom is 0.410 e. The minimum Gasteiger partial charge on any atom is -0.444 e. The van der Waals surface area contributed by atoms with Gasteiger partial charge in [-0.25, -0.2) is 14.8 Å². The lowest BCUT2D eigenvalue weighted by Crippen LogP contribution is -2.42. The molecule has 7 nitrogen and oxygen atoms in total. The lowest BCUT2D eigenvalue weighted by molar-refractivity contribution is 0.0220. The van der Waals surface area contributed by atoms with E-state index in [1.807, 2.05) is 20.8 Å². The van der Waals surface area contributed by atoms with Crippen LogP contribution in [-0.4, -0.2) is 46.2 Å². The van der Waals surface area contributed by atoms with Crippen molar-refractivity contribution in [2.24, 2.45) is 5.92 Å². The Morgan fingerprint density at radius 3 is 2.85 bits per heavy atom. The summed E-state index contributed by atoms with van der Waals surface area (Å²) >= 11 is 6.20. The van der Waals surface area contributed by atoms with Gasteiger partial charge in [-0.1, -0.05) is 0 Å². The number of amides is 1. The van der Waals surface area contributed by atoms with Crippen LogP contribution < -0.4 is 4.90 Å². The minimum atomic E-state index is -0.532. The Labute approximate surface area is 165 Å². The molecule has 146 valence electrons. The van der Waals surface area contributed by atoms with Gasteiger partial charge in [0.1, 0.15) is 11.4 Å². The molecule has 0 spiro atoms. The SMILES string of the molecule is CC(C)(C)OC(=O)N1CCc2c(nc(Cl)nc2N2CCCC(CC#N)C2)C1. The molecular formula is C19H26ClN5O2. The quantitative estimate of drug-likeness (QED) is 0.717. The van der Waals surface area contributed by atoms with Crippen LogP contribution in [0.1, 0.15) is 51.3 Å². The fraction of sp³-hybridized carbons (Fsp3) is 0.684. The number of carbonyl (C=O) groups excluding carboxylic acids is 1. The number of anilines is 1. The smallest absolute Gasteiger partial charge is 0.410 e. The Morgan fingerprint density at radius 1 is 1.37 bits per heavy atom. The normalized spacial score (nSPS) is 20.0. The molecule has 2 aliphatic rings. The summed E-state index contributed by atoms with van der Waals surface area (Å²) < 4.78 is 5.48. The van der Waals surface area contributed by atoms with Crippen molar-refractivity contribution in [1.82, 2.24) is 14.9 Å². The number of aromatic nitrogens is 2. The standard InChI is InChI=1S/C19H26ClN5O2/c1-19(2,3)27-18(26)25-10-7-14-15(12-25)22-17(20)23-16(14)24-9-4-5-13(11-24)6-8-21/h13H,4-7,9-12H2,1-3H3. The second kappa shape index (κ2) is 7.89. The highest BCUT2D eigenvalue weighted by Crippen LogP contribution is 2.31. The van der Waals surface area contributed by atoms with Crippen molar-refractivity contribution in [2.75, 3.05) is 24.5 Å². The average molecular weight is 392 g/mol. The number of carbonyl (C=O) groups is 1. The van der Waals surface area contributed by atoms with Gasteiger partial charge in [-0.2, -0.15) is 5.26 Å². The second-order valence-electron chi connectivity index (χ2n) is 8.21. The third-order valence-corrected chi connectivity index (χ3v) is 5.04. The maximum absolute atomic E-state index is 12.4. The monoisotopic (exact) mass is 391 g/mol. The molecule has 1 saturated heterocycles. The predicted octanol–water partition coefficient (Wildman–Crippen LogP) is 3.55. The molecule has 0 aromatic carbocycles. The van der Waals surface area contributed by atoms with Crippen LogP contribution in [0.2, 0.25) is 5.28 Å². The first-order valence-electron chi connectivity index (χ1n) is 9.42. The first-order valence-corrected chi connectivity index (χ1v) is 9.79. The number of ether oxygens (including phenoxy) is 1. The fourth-order valence-corrected chi connectivity index (χ4v) is 3.86. The zero-order valence-corrected chi connectivity index (χ0v) is 16.9. The summed E-state index contributed by atoms with van der Waals surface area (Å²) in [5.41, 5.74) is 1.30. The van der Waals surface area contributed by atoms with Crippen LogP contribution in [0.15, 0.2) is 0 Å². The number of nitrogens with zero attached hydrogens (tertiary/aromatic N) is 5. The Morgan fingerprint density at radius 2 is 2.15 bits per heavy atom. The van der Waals surface area contributed by atoms with E-state index in [2.05, 4.69) is 20.9 Å². The summed E-state index contributed by atoms with van der Waals surface area (Å²) in [6, 6.07) is 2.28. The molecule has 1 amide bonds. The first kappa shape index (κ1) is 19.7.